The van der Waals surface area contributed by atoms with Crippen molar-refractivity contribution >= 4 is 65.0 Å². The van der Waals surface area contributed by atoms with E-state index in [-0.39, 0.29) is 63.2 Å². The molecule has 14 atom stereocenters. The van der Waals surface area contributed by atoms with Crippen LogP contribution >= 0.6 is 0 Å². The lowest BCUT2D eigenvalue weighted by Crippen LogP contribution is -2.64. The Balaban J connectivity index is 4.50. The molecule has 0 bridgehead atoms. The van der Waals surface area contributed by atoms with Crippen molar-refractivity contribution in [2.45, 2.75) is 248 Å². The number of rotatable bonds is 20. The van der Waals surface area contributed by atoms with E-state index < -0.39 is 161 Å². The monoisotopic (exact) mass is 1290 g/mol. The molecule has 1 unspecified atom stereocenters. The summed E-state index contributed by atoms with van der Waals surface area (Å²) in [5.74, 6) is -10.3. The van der Waals surface area contributed by atoms with Gasteiger partial charge in [0, 0.05) is 68.0 Å². The summed E-state index contributed by atoms with van der Waals surface area (Å²) in [5, 5.41) is 32.7. The first-order valence-electron chi connectivity index (χ1n) is 32.9. The molecule has 0 radical (unpaired) electrons. The van der Waals surface area contributed by atoms with Crippen molar-refractivity contribution in [2.75, 3.05) is 62.0 Å². The first-order valence-corrected chi connectivity index (χ1v) is 32.9. The number of hydrogen-bond donors (Lipinski definition) is 6. The Morgan fingerprint density at radius 3 is 1.43 bits per heavy atom. The highest BCUT2D eigenvalue weighted by atomic mass is 16.5. The average molecular weight is 1290 g/mol. The molecule has 1 heterocycles. The molecule has 0 saturated carbocycles. The van der Waals surface area contributed by atoms with Crippen molar-refractivity contribution in [3.63, 3.8) is 0 Å². The van der Waals surface area contributed by atoms with E-state index in [1.54, 1.807) is 74.5 Å². The number of carbonyl (C=O) groups is 11. The van der Waals surface area contributed by atoms with Crippen molar-refractivity contribution in [1.82, 2.24) is 55.6 Å². The van der Waals surface area contributed by atoms with Crippen LogP contribution in [-0.2, 0) is 57.5 Å². The van der Waals surface area contributed by atoms with Crippen LogP contribution in [0.2, 0.25) is 0 Å². The summed E-state index contributed by atoms with van der Waals surface area (Å²) >= 11 is 0. The number of nitrogens with zero attached hydrogens (tertiary/aromatic N) is 7. The molecule has 25 heteroatoms. The van der Waals surface area contributed by atoms with Gasteiger partial charge in [-0.1, -0.05) is 102 Å². The summed E-state index contributed by atoms with van der Waals surface area (Å²) in [5.41, 5.74) is 0. The summed E-state index contributed by atoms with van der Waals surface area (Å²) in [7, 11) is 8.44. The number of allylic oxidation sites excluding steroid dienone is 1. The second kappa shape index (κ2) is 38.7. The number of amides is 11. The predicted octanol–water partition coefficient (Wildman–Crippen LogP) is 3.18. The fraction of sp³-hybridized carbons (Fsp3) is 0.803. The molecule has 1 saturated heterocycles. The predicted molar refractivity (Wildman–Crippen MR) is 350 cm³/mol. The van der Waals surface area contributed by atoms with Gasteiger partial charge in [-0.2, -0.15) is 0 Å². The van der Waals surface area contributed by atoms with Crippen LogP contribution in [-0.4, -0.2) is 250 Å². The molecule has 6 N–H and O–H groups in total. The van der Waals surface area contributed by atoms with Gasteiger partial charge in [-0.3, -0.25) is 52.7 Å². The number of unbranched alkanes of at least 4 members (excludes halogenated alkanes) is 1. The first kappa shape index (κ1) is 82.8. The van der Waals surface area contributed by atoms with Gasteiger partial charge in [-0.15, -0.1) is 0 Å². The van der Waals surface area contributed by atoms with E-state index in [2.05, 4.69) is 21.3 Å². The van der Waals surface area contributed by atoms with E-state index in [0.29, 0.717) is 19.3 Å². The molecule has 11 amide bonds. The van der Waals surface area contributed by atoms with E-state index in [4.69, 9.17) is 4.74 Å². The van der Waals surface area contributed by atoms with Gasteiger partial charge < -0.3 is 70.5 Å². The van der Waals surface area contributed by atoms with Crippen LogP contribution in [0.15, 0.2) is 12.2 Å². The molecule has 25 nitrogen and oxygen atoms in total. The fourth-order valence-electron chi connectivity index (χ4n) is 11.6. The minimum absolute atomic E-state index is 0.00494. The summed E-state index contributed by atoms with van der Waals surface area (Å²) in [6.45, 7) is 30.7. The Kier molecular flexibility index (Phi) is 35.2. The second-order valence-corrected chi connectivity index (χ2v) is 27.0. The largest absolute Gasteiger partial charge is 0.396 e. The van der Waals surface area contributed by atoms with Gasteiger partial charge >= 0.3 is 0 Å². The molecule has 0 spiro atoms. The molecule has 0 aromatic heterocycles. The highest BCUT2D eigenvalue weighted by Gasteiger charge is 2.46. The topological polar surface area (TPSA) is 308 Å². The van der Waals surface area contributed by atoms with E-state index in [9.17, 15) is 34.2 Å². The Hall–Kier alpha value is -6.21. The van der Waals surface area contributed by atoms with Crippen molar-refractivity contribution in [2.24, 2.45) is 35.5 Å². The minimum atomic E-state index is -1.67. The van der Waals surface area contributed by atoms with E-state index >= 15 is 28.8 Å². The van der Waals surface area contributed by atoms with E-state index in [1.165, 1.54) is 87.6 Å². The van der Waals surface area contributed by atoms with Crippen molar-refractivity contribution in [3.8, 4) is 0 Å². The molecule has 91 heavy (non-hydrogen) atoms. The Bertz CT molecular complexity index is 2460. The third kappa shape index (κ3) is 23.1. The van der Waals surface area contributed by atoms with Crippen LogP contribution in [0.5, 0.6) is 0 Å². The molecular weight excluding hydrogens is 1170 g/mol. The van der Waals surface area contributed by atoms with E-state index in [1.807, 2.05) is 41.5 Å². The summed E-state index contributed by atoms with van der Waals surface area (Å²) < 4.78 is 6.14. The van der Waals surface area contributed by atoms with Gasteiger partial charge in [0.25, 0.3) is 0 Å². The summed E-state index contributed by atoms with van der Waals surface area (Å²) in [4.78, 5) is 172. The Morgan fingerprint density at radius 2 is 0.956 bits per heavy atom. The number of nitrogens with one attached hydrogen (secondary N) is 4. The molecule has 522 valence electrons. The average Bonchev–Trinajstić information content (AvgIpc) is 1.63. The van der Waals surface area contributed by atoms with Crippen LogP contribution in [0.1, 0.15) is 170 Å². The highest BCUT2D eigenvalue weighted by molar-refractivity contribution is 6.00. The molecule has 1 aliphatic rings. The molecule has 0 aromatic rings. The van der Waals surface area contributed by atoms with Crippen LogP contribution in [0.25, 0.3) is 0 Å². The smallest absolute Gasteiger partial charge is 0.246 e. The summed E-state index contributed by atoms with van der Waals surface area (Å²) in [6.07, 6.45) is 2.24. The zero-order valence-electron chi connectivity index (χ0n) is 59.6. The number of hydrogen-bond acceptors (Lipinski definition) is 14. The number of aliphatic hydroxyl groups is 2. The lowest BCUT2D eigenvalue weighted by molar-refractivity contribution is -0.157. The standard InChI is InChI=1S/C66H119N11O14/c1-25-30-42(14)55(79)54-59(83)69-47(27-3)62(86)77(31-26-2)45(17)61(85)75(23)53(46(18)91-33-29-28-32-78)58(82)70-51(40(10)11)65(89)71(19)48(34-37(4)5)57(81)67-43(15)56(80)68-44(16)60(84)72(20)49(35-38(6)7)63(87)73(21)50(36-39(8)9)64(88)74(22)52(41(12)13)66(90)76(54)24/h25,30,37-55,78-79H,26-29,31-36H2,1-24H3,(H,67,81)(H,68,80)(H,69,83)(H,70,82)/b30-25+/t42-,43+,44-,45-,46-,47+,48+,49+,50+,51+,52+,53?,54+,55-/m1/s1. The molecule has 1 fully saturated rings. The van der Waals surface area contributed by atoms with Gasteiger partial charge in [-0.05, 0) is 109 Å². The van der Waals surface area contributed by atoms with Gasteiger partial charge in [-0.25, -0.2) is 0 Å². The van der Waals surface area contributed by atoms with Crippen molar-refractivity contribution < 1.29 is 67.7 Å². The SMILES string of the molecule is C/C=C/[C@@H](C)[C@@H](O)[C@H]1C(=O)N[C@@H](CC)C(=O)N(CCC)[C@H](C)C(=O)N(C)C([C@@H](C)OCCCCO)C(=O)N[C@@H](C(C)C)C(=O)N(C)[C@@H](CC(C)C)C(=O)N[C@@H](C)C(=O)N[C@H](C)C(=O)N(C)[C@@H](CC(C)C)C(=O)N(C)[C@@H](CC(C)C)C(=O)N(C)[C@@H](C(C)C)C(=O)N1C. The Labute approximate surface area is 544 Å². The number of aliphatic hydroxyl groups excluding tert-OH is 2. The molecular formula is C66H119N11O14. The van der Waals surface area contributed by atoms with Gasteiger partial charge in [0.2, 0.25) is 65.0 Å². The third-order valence-electron chi connectivity index (χ3n) is 17.2. The van der Waals surface area contributed by atoms with Gasteiger partial charge in [0.1, 0.15) is 66.5 Å². The molecule has 1 aliphatic heterocycles. The lowest BCUT2D eigenvalue weighted by Gasteiger charge is -2.41. The van der Waals surface area contributed by atoms with Crippen molar-refractivity contribution in [3.05, 3.63) is 12.2 Å². The lowest BCUT2D eigenvalue weighted by atomic mass is 9.93. The van der Waals surface area contributed by atoms with Crippen LogP contribution in [0.4, 0.5) is 0 Å². The number of ether oxygens (including phenoxy) is 1. The summed E-state index contributed by atoms with van der Waals surface area (Å²) in [6, 6.07) is -14.3. The second-order valence-electron chi connectivity index (χ2n) is 27.0. The Morgan fingerprint density at radius 1 is 0.495 bits per heavy atom. The number of carbonyl (C=O) groups excluding carboxylic acids is 11. The van der Waals surface area contributed by atoms with Crippen LogP contribution in [0.3, 0.4) is 0 Å². The molecule has 1 rings (SSSR count). The van der Waals surface area contributed by atoms with Crippen LogP contribution in [0, 0.1) is 35.5 Å². The maximum absolute atomic E-state index is 15.2. The highest BCUT2D eigenvalue weighted by Crippen LogP contribution is 2.26. The quantitative estimate of drug-likeness (QED) is 0.0754. The van der Waals surface area contributed by atoms with Gasteiger partial charge in [0.05, 0.1) is 12.2 Å². The van der Waals surface area contributed by atoms with Crippen molar-refractivity contribution in [1.29, 1.82) is 0 Å². The zero-order chi connectivity index (χ0) is 70.4. The maximum atomic E-state index is 15.2. The first-order chi connectivity index (χ1) is 42.2. The maximum Gasteiger partial charge on any atom is 0.246 e. The zero-order valence-corrected chi connectivity index (χ0v) is 59.6. The van der Waals surface area contributed by atoms with E-state index in [0.717, 1.165) is 9.80 Å². The van der Waals surface area contributed by atoms with Gasteiger partial charge in [0.15, 0.2) is 0 Å². The normalized spacial score (nSPS) is 27.0. The fourth-order valence-corrected chi connectivity index (χ4v) is 11.6. The number of likely N-dealkylation sites (N-methyl/N-ethyl adjacent to an activating group) is 6. The molecule has 0 aliphatic carbocycles. The van der Waals surface area contributed by atoms with Crippen LogP contribution < -0.4 is 21.3 Å². The molecule has 0 aromatic carbocycles. The minimum Gasteiger partial charge on any atom is -0.396 e. The third-order valence-corrected chi connectivity index (χ3v) is 17.2.